The van der Waals surface area contributed by atoms with Gasteiger partial charge in [0.2, 0.25) is 11.8 Å². The Morgan fingerprint density at radius 1 is 1.37 bits per heavy atom. The van der Waals surface area contributed by atoms with Crippen LogP contribution in [-0.2, 0) is 16.1 Å². The molecule has 0 saturated carbocycles. The summed E-state index contributed by atoms with van der Waals surface area (Å²) >= 11 is 0. The van der Waals surface area contributed by atoms with Gasteiger partial charge in [-0.05, 0) is 30.5 Å². The molecule has 3 rings (SSSR count). The molecular formula is C22H26N4O4. The lowest BCUT2D eigenvalue weighted by Gasteiger charge is -2.28. The first-order chi connectivity index (χ1) is 14.3. The SMILES string of the molecule is Cc1cc(C(C(=O)N2CC(O)CC2C(=O)NCc2ccc(C#N)cc2)C(C)C)on1. The summed E-state index contributed by atoms with van der Waals surface area (Å²) in [6, 6.07) is 9.94. The highest BCUT2D eigenvalue weighted by Gasteiger charge is 2.43. The number of nitriles is 1. The monoisotopic (exact) mass is 410 g/mol. The van der Waals surface area contributed by atoms with Crippen molar-refractivity contribution in [2.24, 2.45) is 5.92 Å². The highest BCUT2D eigenvalue weighted by molar-refractivity contribution is 5.91. The predicted molar refractivity (Wildman–Crippen MR) is 108 cm³/mol. The fourth-order valence-electron chi connectivity index (χ4n) is 3.75. The number of aliphatic hydroxyl groups excluding tert-OH is 1. The van der Waals surface area contributed by atoms with E-state index < -0.39 is 18.1 Å². The molecule has 1 fully saturated rings. The lowest BCUT2D eigenvalue weighted by molar-refractivity contribution is -0.141. The molecule has 1 aromatic heterocycles. The molecule has 0 radical (unpaired) electrons. The molecule has 30 heavy (non-hydrogen) atoms. The summed E-state index contributed by atoms with van der Waals surface area (Å²) in [5, 5.41) is 25.7. The lowest BCUT2D eigenvalue weighted by Crippen LogP contribution is -2.48. The van der Waals surface area contributed by atoms with E-state index in [4.69, 9.17) is 9.78 Å². The molecule has 1 aliphatic heterocycles. The lowest BCUT2D eigenvalue weighted by atomic mass is 9.91. The molecule has 158 valence electrons. The third-order valence-corrected chi connectivity index (χ3v) is 5.30. The highest BCUT2D eigenvalue weighted by atomic mass is 16.5. The normalized spacial score (nSPS) is 19.5. The number of benzene rings is 1. The molecule has 2 aromatic rings. The minimum Gasteiger partial charge on any atom is -0.391 e. The number of β-amino-alcohol motifs (C(OH)–C–C–N with tert-alkyl or cyclic N) is 1. The summed E-state index contributed by atoms with van der Waals surface area (Å²) in [6.07, 6.45) is -0.575. The van der Waals surface area contributed by atoms with Gasteiger partial charge in [0, 0.05) is 25.6 Å². The van der Waals surface area contributed by atoms with E-state index in [0.717, 1.165) is 5.56 Å². The van der Waals surface area contributed by atoms with Gasteiger partial charge >= 0.3 is 0 Å². The molecule has 1 aliphatic rings. The zero-order valence-electron chi connectivity index (χ0n) is 17.3. The minimum absolute atomic E-state index is 0.0649. The van der Waals surface area contributed by atoms with Crippen LogP contribution in [0.3, 0.4) is 0 Å². The van der Waals surface area contributed by atoms with Crippen molar-refractivity contribution in [3.63, 3.8) is 0 Å². The number of hydrogen-bond donors (Lipinski definition) is 2. The van der Waals surface area contributed by atoms with E-state index in [2.05, 4.69) is 16.5 Å². The van der Waals surface area contributed by atoms with Gasteiger partial charge in [-0.15, -0.1) is 0 Å². The number of nitrogens with zero attached hydrogens (tertiary/aromatic N) is 3. The highest BCUT2D eigenvalue weighted by Crippen LogP contribution is 2.31. The third-order valence-electron chi connectivity index (χ3n) is 5.30. The van der Waals surface area contributed by atoms with Gasteiger partial charge in [-0.25, -0.2) is 0 Å². The predicted octanol–water partition coefficient (Wildman–Crippen LogP) is 1.87. The molecule has 3 unspecified atom stereocenters. The summed E-state index contributed by atoms with van der Waals surface area (Å²) in [5.74, 6) is -0.752. The number of aryl methyl sites for hydroxylation is 1. The van der Waals surface area contributed by atoms with Gasteiger partial charge in [-0.1, -0.05) is 31.1 Å². The molecule has 0 bridgehead atoms. The van der Waals surface area contributed by atoms with Crippen LogP contribution in [-0.4, -0.2) is 45.7 Å². The number of nitrogens with one attached hydrogen (secondary N) is 1. The first-order valence-corrected chi connectivity index (χ1v) is 9.98. The van der Waals surface area contributed by atoms with Crippen LogP contribution in [0.1, 0.15) is 48.8 Å². The van der Waals surface area contributed by atoms with E-state index >= 15 is 0 Å². The van der Waals surface area contributed by atoms with Crippen molar-refractivity contribution in [3.05, 3.63) is 52.9 Å². The molecule has 0 aliphatic carbocycles. The Morgan fingerprint density at radius 3 is 2.63 bits per heavy atom. The van der Waals surface area contributed by atoms with Crippen LogP contribution in [0.5, 0.6) is 0 Å². The zero-order chi connectivity index (χ0) is 21.8. The van der Waals surface area contributed by atoms with Gasteiger partial charge in [0.15, 0.2) is 0 Å². The van der Waals surface area contributed by atoms with Crippen molar-refractivity contribution in [2.45, 2.75) is 51.8 Å². The maximum Gasteiger partial charge on any atom is 0.243 e. The largest absolute Gasteiger partial charge is 0.391 e. The number of aromatic nitrogens is 1. The maximum absolute atomic E-state index is 13.3. The van der Waals surface area contributed by atoms with Gasteiger partial charge in [0.1, 0.15) is 17.7 Å². The Morgan fingerprint density at radius 2 is 2.07 bits per heavy atom. The van der Waals surface area contributed by atoms with Crippen LogP contribution in [0.15, 0.2) is 34.9 Å². The van der Waals surface area contributed by atoms with Crippen LogP contribution in [0.2, 0.25) is 0 Å². The second-order valence-electron chi connectivity index (χ2n) is 8.01. The first-order valence-electron chi connectivity index (χ1n) is 9.98. The second kappa shape index (κ2) is 9.09. The van der Waals surface area contributed by atoms with E-state index in [1.165, 1.54) is 4.90 Å². The second-order valence-corrected chi connectivity index (χ2v) is 8.01. The Balaban J connectivity index is 1.72. The average molecular weight is 410 g/mol. The van der Waals surface area contributed by atoms with E-state index in [0.29, 0.717) is 17.0 Å². The number of aliphatic hydroxyl groups is 1. The molecule has 2 amide bonds. The van der Waals surface area contributed by atoms with Crippen molar-refractivity contribution < 1.29 is 19.2 Å². The molecule has 1 saturated heterocycles. The standard InChI is InChI=1S/C22H26N4O4/c1-13(2)20(19-8-14(3)25-30-19)22(29)26-12-17(27)9-18(26)21(28)24-11-16-6-4-15(10-23)5-7-16/h4-8,13,17-18,20,27H,9,11-12H2,1-3H3,(H,24,28). The molecule has 8 heteroatoms. The first kappa shape index (κ1) is 21.5. The molecule has 2 N–H and O–H groups in total. The molecule has 1 aromatic carbocycles. The van der Waals surface area contributed by atoms with Crippen molar-refractivity contribution in [1.82, 2.24) is 15.4 Å². The molecule has 2 heterocycles. The summed E-state index contributed by atoms with van der Waals surface area (Å²) in [4.78, 5) is 27.6. The van der Waals surface area contributed by atoms with Gasteiger partial charge in [-0.3, -0.25) is 9.59 Å². The summed E-state index contributed by atoms with van der Waals surface area (Å²) in [5.41, 5.74) is 2.07. The van der Waals surface area contributed by atoms with Crippen molar-refractivity contribution in [3.8, 4) is 6.07 Å². The Labute approximate surface area is 175 Å². The van der Waals surface area contributed by atoms with Crippen LogP contribution in [0, 0.1) is 24.2 Å². The Kier molecular flexibility index (Phi) is 6.53. The van der Waals surface area contributed by atoms with Crippen molar-refractivity contribution in [1.29, 1.82) is 5.26 Å². The van der Waals surface area contributed by atoms with E-state index in [1.807, 2.05) is 13.8 Å². The summed E-state index contributed by atoms with van der Waals surface area (Å²) in [7, 11) is 0. The topological polar surface area (TPSA) is 119 Å². The van der Waals surface area contributed by atoms with E-state index in [-0.39, 0.29) is 37.2 Å². The minimum atomic E-state index is -0.760. The number of likely N-dealkylation sites (tertiary alicyclic amines) is 1. The number of hydrogen-bond acceptors (Lipinski definition) is 6. The van der Waals surface area contributed by atoms with Gasteiger partial charge in [0.25, 0.3) is 0 Å². The smallest absolute Gasteiger partial charge is 0.243 e. The molecule has 8 nitrogen and oxygen atoms in total. The fourth-order valence-corrected chi connectivity index (χ4v) is 3.75. The van der Waals surface area contributed by atoms with Crippen LogP contribution in [0.25, 0.3) is 0 Å². The Hall–Kier alpha value is -3.18. The van der Waals surface area contributed by atoms with E-state index in [1.54, 1.807) is 37.3 Å². The summed E-state index contributed by atoms with van der Waals surface area (Å²) < 4.78 is 5.33. The van der Waals surface area contributed by atoms with Crippen LogP contribution < -0.4 is 5.32 Å². The van der Waals surface area contributed by atoms with Crippen LogP contribution >= 0.6 is 0 Å². The van der Waals surface area contributed by atoms with Gasteiger partial charge < -0.3 is 19.8 Å². The van der Waals surface area contributed by atoms with Crippen molar-refractivity contribution in [2.75, 3.05) is 6.54 Å². The van der Waals surface area contributed by atoms with Crippen LogP contribution in [0.4, 0.5) is 0 Å². The third kappa shape index (κ3) is 4.69. The number of carbonyl (C=O) groups excluding carboxylic acids is 2. The average Bonchev–Trinajstić information content (AvgIpc) is 3.32. The molecular weight excluding hydrogens is 384 g/mol. The Bertz CT molecular complexity index is 945. The van der Waals surface area contributed by atoms with E-state index in [9.17, 15) is 14.7 Å². The number of carbonyl (C=O) groups is 2. The molecule has 0 spiro atoms. The quantitative estimate of drug-likeness (QED) is 0.750. The fraction of sp³-hybridized carbons (Fsp3) is 0.455. The maximum atomic E-state index is 13.3. The number of amides is 2. The summed E-state index contributed by atoms with van der Waals surface area (Å²) in [6.45, 7) is 5.98. The van der Waals surface area contributed by atoms with Gasteiger partial charge in [-0.2, -0.15) is 5.26 Å². The number of rotatable bonds is 6. The van der Waals surface area contributed by atoms with Crippen molar-refractivity contribution >= 4 is 11.8 Å². The molecule has 3 atom stereocenters. The zero-order valence-corrected chi connectivity index (χ0v) is 17.3. The van der Waals surface area contributed by atoms with Gasteiger partial charge in [0.05, 0.1) is 23.4 Å².